The van der Waals surface area contributed by atoms with E-state index in [1.54, 1.807) is 22.2 Å². The van der Waals surface area contributed by atoms with Gasteiger partial charge in [0.15, 0.2) is 5.69 Å². The van der Waals surface area contributed by atoms with Gasteiger partial charge in [-0.1, -0.05) is 0 Å². The Morgan fingerprint density at radius 1 is 1.61 bits per heavy atom. The Hall–Kier alpha value is -1.82. The van der Waals surface area contributed by atoms with Gasteiger partial charge in [-0.05, 0) is 35.7 Å². The Labute approximate surface area is 110 Å². The first-order valence-electron chi connectivity index (χ1n) is 5.83. The molecule has 1 amide bonds. The fourth-order valence-electron chi connectivity index (χ4n) is 1.61. The zero-order valence-electron chi connectivity index (χ0n) is 10.2. The van der Waals surface area contributed by atoms with Gasteiger partial charge in [0, 0.05) is 19.3 Å². The van der Waals surface area contributed by atoms with Crippen molar-refractivity contribution >= 4 is 22.9 Å². The molecule has 2 aromatic rings. The monoisotopic (exact) mass is 264 g/mol. The number of nitrogens with one attached hydrogen (secondary N) is 1. The van der Waals surface area contributed by atoms with E-state index in [0.29, 0.717) is 24.5 Å². The normalized spacial score (nSPS) is 10.5. The van der Waals surface area contributed by atoms with E-state index in [2.05, 4.69) is 21.9 Å². The Kier molecular flexibility index (Phi) is 3.99. The molecule has 5 nitrogen and oxygen atoms in total. The molecular weight excluding hydrogens is 248 g/mol. The molecule has 0 aliphatic carbocycles. The molecule has 0 unspecified atom stereocenters. The molecule has 2 aromatic heterocycles. The molecular formula is C12H16N4OS. The minimum atomic E-state index is -0.213. The van der Waals surface area contributed by atoms with E-state index in [-0.39, 0.29) is 5.91 Å². The Balaban J connectivity index is 1.89. The molecule has 2 rings (SSSR count). The van der Waals surface area contributed by atoms with Crippen LogP contribution in [0.25, 0.3) is 0 Å². The Morgan fingerprint density at radius 3 is 3.06 bits per heavy atom. The Bertz CT molecular complexity index is 518. The van der Waals surface area contributed by atoms with Crippen molar-refractivity contribution < 1.29 is 4.79 Å². The lowest BCUT2D eigenvalue weighted by molar-refractivity contribution is 0.0949. The zero-order valence-corrected chi connectivity index (χ0v) is 11.0. The number of aryl methyl sites for hydroxylation is 1. The van der Waals surface area contributed by atoms with Crippen molar-refractivity contribution in [1.82, 2.24) is 15.1 Å². The molecule has 0 saturated heterocycles. The van der Waals surface area contributed by atoms with Crippen molar-refractivity contribution in [3.05, 3.63) is 34.3 Å². The SMILES string of the molecule is CCn1cc(N)c(C(=O)NCCc2ccsc2)n1. The van der Waals surface area contributed by atoms with Gasteiger partial charge < -0.3 is 11.1 Å². The second-order valence-electron chi connectivity index (χ2n) is 3.93. The van der Waals surface area contributed by atoms with Crippen LogP contribution in [0.1, 0.15) is 23.0 Å². The highest BCUT2D eigenvalue weighted by Gasteiger charge is 2.13. The van der Waals surface area contributed by atoms with Crippen LogP contribution in [0.5, 0.6) is 0 Å². The molecule has 0 bridgehead atoms. The van der Waals surface area contributed by atoms with Crippen molar-refractivity contribution in [2.75, 3.05) is 12.3 Å². The van der Waals surface area contributed by atoms with Gasteiger partial charge in [0.1, 0.15) is 0 Å². The lowest BCUT2D eigenvalue weighted by Gasteiger charge is -2.02. The summed E-state index contributed by atoms with van der Waals surface area (Å²) in [5.41, 5.74) is 7.70. The van der Waals surface area contributed by atoms with Crippen molar-refractivity contribution in [3.63, 3.8) is 0 Å². The van der Waals surface area contributed by atoms with Crippen LogP contribution in [0.3, 0.4) is 0 Å². The molecule has 0 saturated carbocycles. The molecule has 0 radical (unpaired) electrons. The summed E-state index contributed by atoms with van der Waals surface area (Å²) in [6.45, 7) is 3.24. The quantitative estimate of drug-likeness (QED) is 0.860. The fraction of sp³-hybridized carbons (Fsp3) is 0.333. The van der Waals surface area contributed by atoms with Crippen LogP contribution in [-0.4, -0.2) is 22.2 Å². The number of rotatable bonds is 5. The zero-order chi connectivity index (χ0) is 13.0. The molecule has 3 N–H and O–H groups in total. The summed E-state index contributed by atoms with van der Waals surface area (Å²) >= 11 is 1.66. The smallest absolute Gasteiger partial charge is 0.273 e. The van der Waals surface area contributed by atoms with Gasteiger partial charge in [0.25, 0.3) is 5.91 Å². The molecule has 0 spiro atoms. The summed E-state index contributed by atoms with van der Waals surface area (Å²) in [7, 11) is 0. The summed E-state index contributed by atoms with van der Waals surface area (Å²) in [6.07, 6.45) is 2.50. The highest BCUT2D eigenvalue weighted by molar-refractivity contribution is 7.07. The molecule has 0 fully saturated rings. The lowest BCUT2D eigenvalue weighted by Crippen LogP contribution is -2.26. The first-order chi connectivity index (χ1) is 8.70. The van der Waals surface area contributed by atoms with Gasteiger partial charge in [-0.25, -0.2) is 0 Å². The maximum atomic E-state index is 11.9. The fourth-order valence-corrected chi connectivity index (χ4v) is 2.32. The first kappa shape index (κ1) is 12.6. The van der Waals surface area contributed by atoms with Crippen molar-refractivity contribution in [2.45, 2.75) is 19.9 Å². The van der Waals surface area contributed by atoms with Crippen LogP contribution < -0.4 is 11.1 Å². The maximum Gasteiger partial charge on any atom is 0.273 e. The summed E-state index contributed by atoms with van der Waals surface area (Å²) in [4.78, 5) is 11.9. The number of aromatic nitrogens is 2. The number of hydrogen-bond donors (Lipinski definition) is 2. The Morgan fingerprint density at radius 2 is 2.44 bits per heavy atom. The average molecular weight is 264 g/mol. The number of anilines is 1. The van der Waals surface area contributed by atoms with Gasteiger partial charge >= 0.3 is 0 Å². The topological polar surface area (TPSA) is 72.9 Å². The predicted molar refractivity (Wildman–Crippen MR) is 72.7 cm³/mol. The number of carbonyl (C=O) groups excluding carboxylic acids is 1. The third kappa shape index (κ3) is 2.89. The molecule has 0 aliphatic heterocycles. The van der Waals surface area contributed by atoms with Crippen LogP contribution in [0.2, 0.25) is 0 Å². The van der Waals surface area contributed by atoms with Crippen molar-refractivity contribution in [2.24, 2.45) is 0 Å². The van der Waals surface area contributed by atoms with Crippen LogP contribution in [-0.2, 0) is 13.0 Å². The summed E-state index contributed by atoms with van der Waals surface area (Å²) in [6, 6.07) is 2.05. The number of thiophene rings is 1. The average Bonchev–Trinajstić information content (AvgIpc) is 2.98. The predicted octanol–water partition coefficient (Wildman–Crippen LogP) is 1.52. The number of carbonyl (C=O) groups is 1. The maximum absolute atomic E-state index is 11.9. The van der Waals surface area contributed by atoms with E-state index in [1.807, 2.05) is 12.3 Å². The standard InChI is InChI=1S/C12H16N4OS/c1-2-16-7-10(13)11(15-16)12(17)14-5-3-9-4-6-18-8-9/h4,6-8H,2-3,5,13H2,1H3,(H,14,17). The third-order valence-corrected chi connectivity index (χ3v) is 3.34. The summed E-state index contributed by atoms with van der Waals surface area (Å²) in [5, 5.41) is 11.1. The molecule has 2 heterocycles. The molecule has 6 heteroatoms. The number of nitrogens with two attached hydrogens (primary N) is 1. The van der Waals surface area contributed by atoms with E-state index in [9.17, 15) is 4.79 Å². The highest BCUT2D eigenvalue weighted by Crippen LogP contribution is 2.09. The van der Waals surface area contributed by atoms with Crippen LogP contribution in [0.15, 0.2) is 23.0 Å². The number of amides is 1. The lowest BCUT2D eigenvalue weighted by atomic mass is 10.2. The molecule has 0 atom stereocenters. The number of hydrogen-bond acceptors (Lipinski definition) is 4. The molecule has 0 aliphatic rings. The minimum absolute atomic E-state index is 0.213. The molecule has 0 aromatic carbocycles. The second kappa shape index (κ2) is 5.68. The first-order valence-corrected chi connectivity index (χ1v) is 6.77. The van der Waals surface area contributed by atoms with Crippen molar-refractivity contribution in [3.8, 4) is 0 Å². The highest BCUT2D eigenvalue weighted by atomic mass is 32.1. The van der Waals surface area contributed by atoms with E-state index in [0.717, 1.165) is 6.42 Å². The third-order valence-electron chi connectivity index (χ3n) is 2.61. The van der Waals surface area contributed by atoms with E-state index < -0.39 is 0 Å². The van der Waals surface area contributed by atoms with E-state index >= 15 is 0 Å². The van der Waals surface area contributed by atoms with Gasteiger partial charge in [-0.3, -0.25) is 9.48 Å². The van der Waals surface area contributed by atoms with Crippen LogP contribution in [0, 0.1) is 0 Å². The van der Waals surface area contributed by atoms with Crippen LogP contribution in [0.4, 0.5) is 5.69 Å². The van der Waals surface area contributed by atoms with Gasteiger partial charge in [0.05, 0.1) is 5.69 Å². The summed E-state index contributed by atoms with van der Waals surface area (Å²) in [5.74, 6) is -0.213. The number of nitrogens with zero attached hydrogens (tertiary/aromatic N) is 2. The van der Waals surface area contributed by atoms with E-state index in [1.165, 1.54) is 5.56 Å². The number of nitrogen functional groups attached to an aromatic ring is 1. The largest absolute Gasteiger partial charge is 0.396 e. The second-order valence-corrected chi connectivity index (χ2v) is 4.71. The van der Waals surface area contributed by atoms with Crippen LogP contribution >= 0.6 is 11.3 Å². The van der Waals surface area contributed by atoms with E-state index in [4.69, 9.17) is 5.73 Å². The van der Waals surface area contributed by atoms with Gasteiger partial charge in [-0.15, -0.1) is 0 Å². The molecule has 96 valence electrons. The molecule has 18 heavy (non-hydrogen) atoms. The van der Waals surface area contributed by atoms with Crippen molar-refractivity contribution in [1.29, 1.82) is 0 Å². The van der Waals surface area contributed by atoms with Gasteiger partial charge in [0.2, 0.25) is 0 Å². The van der Waals surface area contributed by atoms with Gasteiger partial charge in [-0.2, -0.15) is 16.4 Å². The minimum Gasteiger partial charge on any atom is -0.396 e. The summed E-state index contributed by atoms with van der Waals surface area (Å²) < 4.78 is 1.66.